The van der Waals surface area contributed by atoms with Gasteiger partial charge in [-0.2, -0.15) is 19.1 Å². The van der Waals surface area contributed by atoms with Crippen LogP contribution in [0.4, 0.5) is 13.2 Å². The highest BCUT2D eigenvalue weighted by atomic mass is 32.2. The number of nitrogens with two attached hydrogens (primary N) is 1. The fraction of sp³-hybridized carbons (Fsp3) is 0.214. The predicted octanol–water partition coefficient (Wildman–Crippen LogP) is 4.13. The molecule has 2 N–H and O–H groups in total. The molecule has 0 bridgehead atoms. The first-order valence-electron chi connectivity index (χ1n) is 6.13. The largest absolute Gasteiger partial charge is 0.416 e. The van der Waals surface area contributed by atoms with Crippen LogP contribution in [0.5, 0.6) is 5.75 Å². The summed E-state index contributed by atoms with van der Waals surface area (Å²) in [5.41, 5.74) is 0.369. The molecule has 0 saturated heterocycles. The topological polar surface area (TPSA) is 48.1 Å². The van der Waals surface area contributed by atoms with Gasteiger partial charge in [-0.05, 0) is 36.1 Å². The summed E-state index contributed by atoms with van der Waals surface area (Å²) < 4.78 is 38.2. The number of nitrogens with zero attached hydrogens (tertiary/aromatic N) is 1. The molecule has 3 nitrogen and oxygen atoms in total. The Kier molecular flexibility index (Phi) is 4.74. The summed E-state index contributed by atoms with van der Waals surface area (Å²) in [6, 6.07) is 6.73. The van der Waals surface area contributed by atoms with Gasteiger partial charge in [-0.1, -0.05) is 6.92 Å². The van der Waals surface area contributed by atoms with Gasteiger partial charge in [-0.15, -0.1) is 11.8 Å². The van der Waals surface area contributed by atoms with Crippen LogP contribution in [0.3, 0.4) is 0 Å². The molecule has 0 fully saturated rings. The molecule has 0 spiro atoms. The van der Waals surface area contributed by atoms with Gasteiger partial charge >= 0.3 is 6.18 Å². The minimum Gasteiger partial charge on any atom is -0.411 e. The first-order chi connectivity index (χ1) is 9.97. The Morgan fingerprint density at radius 2 is 2.00 bits per heavy atom. The molecule has 21 heavy (non-hydrogen) atoms. The first kappa shape index (κ1) is 15.7. The van der Waals surface area contributed by atoms with E-state index < -0.39 is 11.7 Å². The Morgan fingerprint density at radius 1 is 1.24 bits per heavy atom. The second kappa shape index (κ2) is 6.36. The highest BCUT2D eigenvalue weighted by Crippen LogP contribution is 2.39. The van der Waals surface area contributed by atoms with E-state index in [-0.39, 0.29) is 5.75 Å². The van der Waals surface area contributed by atoms with Crippen molar-refractivity contribution < 1.29 is 18.0 Å². The number of alkyl halides is 3. The van der Waals surface area contributed by atoms with Crippen LogP contribution < -0.4 is 10.7 Å². The monoisotopic (exact) mass is 314 g/mol. The minimum absolute atomic E-state index is 0.0317. The lowest BCUT2D eigenvalue weighted by Crippen LogP contribution is -2.08. The van der Waals surface area contributed by atoms with Crippen molar-refractivity contribution in [2.45, 2.75) is 18.1 Å². The lowest BCUT2D eigenvalue weighted by molar-refractivity contribution is -0.137. The maximum Gasteiger partial charge on any atom is 0.416 e. The van der Waals surface area contributed by atoms with Gasteiger partial charge in [0.25, 0.3) is 0 Å². The SMILES string of the molecule is CCSc1ncccc1-c1ccc(C(F)(F)F)cc1ON. The number of hydrogen-bond acceptors (Lipinski definition) is 4. The Labute approximate surface area is 124 Å². The zero-order chi connectivity index (χ0) is 15.5. The highest BCUT2D eigenvalue weighted by Gasteiger charge is 2.31. The third-order valence-corrected chi connectivity index (χ3v) is 3.67. The zero-order valence-electron chi connectivity index (χ0n) is 11.1. The van der Waals surface area contributed by atoms with Crippen LogP contribution >= 0.6 is 11.8 Å². The number of aromatic nitrogens is 1. The molecular formula is C14H13F3N2OS. The molecule has 0 aliphatic rings. The molecule has 0 aliphatic heterocycles. The van der Waals surface area contributed by atoms with Crippen molar-refractivity contribution in [1.82, 2.24) is 4.98 Å². The Morgan fingerprint density at radius 3 is 2.62 bits per heavy atom. The summed E-state index contributed by atoms with van der Waals surface area (Å²) in [5.74, 6) is 5.89. The number of pyridine rings is 1. The van der Waals surface area contributed by atoms with Gasteiger partial charge in [0.05, 0.1) is 5.56 Å². The maximum atomic E-state index is 12.7. The van der Waals surface area contributed by atoms with E-state index in [4.69, 9.17) is 5.90 Å². The van der Waals surface area contributed by atoms with Crippen LogP contribution in [0.15, 0.2) is 41.6 Å². The number of halogens is 3. The molecular weight excluding hydrogens is 301 g/mol. The maximum absolute atomic E-state index is 12.7. The van der Waals surface area contributed by atoms with Crippen molar-refractivity contribution >= 4 is 11.8 Å². The third kappa shape index (κ3) is 3.48. The van der Waals surface area contributed by atoms with Crippen molar-refractivity contribution in [3.05, 3.63) is 42.1 Å². The van der Waals surface area contributed by atoms with E-state index in [2.05, 4.69) is 9.82 Å². The predicted molar refractivity (Wildman–Crippen MR) is 75.9 cm³/mol. The van der Waals surface area contributed by atoms with Crippen LogP contribution in [-0.2, 0) is 6.18 Å². The van der Waals surface area contributed by atoms with Gasteiger partial charge in [0.15, 0.2) is 5.75 Å². The lowest BCUT2D eigenvalue weighted by Gasteiger charge is -2.13. The Hall–Kier alpha value is -1.73. The second-order valence-electron chi connectivity index (χ2n) is 4.12. The van der Waals surface area contributed by atoms with E-state index >= 15 is 0 Å². The number of benzene rings is 1. The van der Waals surface area contributed by atoms with E-state index in [0.717, 1.165) is 22.9 Å². The normalized spacial score (nSPS) is 11.5. The smallest absolute Gasteiger partial charge is 0.411 e. The molecule has 0 aliphatic carbocycles. The summed E-state index contributed by atoms with van der Waals surface area (Å²) in [5, 5.41) is 0.720. The van der Waals surface area contributed by atoms with Crippen LogP contribution in [0, 0.1) is 0 Å². The van der Waals surface area contributed by atoms with Crippen molar-refractivity contribution in [2.24, 2.45) is 5.90 Å². The molecule has 1 heterocycles. The summed E-state index contributed by atoms with van der Waals surface area (Å²) in [7, 11) is 0. The van der Waals surface area contributed by atoms with Gasteiger partial charge in [-0.3, -0.25) is 0 Å². The second-order valence-corrected chi connectivity index (χ2v) is 5.37. The quantitative estimate of drug-likeness (QED) is 0.681. The van der Waals surface area contributed by atoms with Crippen molar-refractivity contribution in [2.75, 3.05) is 5.75 Å². The average molecular weight is 314 g/mol. The van der Waals surface area contributed by atoms with E-state index in [1.807, 2.05) is 6.92 Å². The van der Waals surface area contributed by atoms with Crippen molar-refractivity contribution in [3.63, 3.8) is 0 Å². The number of rotatable bonds is 4. The summed E-state index contributed by atoms with van der Waals surface area (Å²) >= 11 is 1.50. The molecule has 0 atom stereocenters. The molecule has 0 unspecified atom stereocenters. The Bertz CT molecular complexity index is 632. The standard InChI is InChI=1S/C14H13F3N2OS/c1-2-21-13-11(4-3-7-19-13)10-6-5-9(14(15,16)17)8-12(10)20-18/h3-8H,2,18H2,1H3. The summed E-state index contributed by atoms with van der Waals surface area (Å²) in [4.78, 5) is 8.87. The Balaban J connectivity index is 2.54. The molecule has 1 aromatic heterocycles. The lowest BCUT2D eigenvalue weighted by atomic mass is 10.0. The van der Waals surface area contributed by atoms with Crippen molar-refractivity contribution in [3.8, 4) is 16.9 Å². The number of thioether (sulfide) groups is 1. The molecule has 2 aromatic rings. The molecule has 0 saturated carbocycles. The molecule has 112 valence electrons. The van der Waals surface area contributed by atoms with Crippen LogP contribution in [0.25, 0.3) is 11.1 Å². The summed E-state index contributed by atoms with van der Waals surface area (Å²) in [6.07, 6.45) is -2.81. The molecule has 0 radical (unpaired) electrons. The van der Waals surface area contributed by atoms with Gasteiger partial charge in [-0.25, -0.2) is 4.98 Å². The van der Waals surface area contributed by atoms with E-state index in [0.29, 0.717) is 11.1 Å². The molecule has 1 aromatic carbocycles. The first-order valence-corrected chi connectivity index (χ1v) is 7.12. The van der Waals surface area contributed by atoms with Gasteiger partial charge < -0.3 is 4.84 Å². The average Bonchev–Trinajstić information content (AvgIpc) is 2.46. The summed E-state index contributed by atoms with van der Waals surface area (Å²) in [6.45, 7) is 1.97. The van der Waals surface area contributed by atoms with E-state index in [9.17, 15) is 13.2 Å². The van der Waals surface area contributed by atoms with Crippen molar-refractivity contribution in [1.29, 1.82) is 0 Å². The molecule has 2 rings (SSSR count). The zero-order valence-corrected chi connectivity index (χ0v) is 12.0. The van der Waals surface area contributed by atoms with Crippen LogP contribution in [0.1, 0.15) is 12.5 Å². The molecule has 7 heteroatoms. The minimum atomic E-state index is -4.44. The van der Waals surface area contributed by atoms with Gasteiger partial charge in [0.1, 0.15) is 5.03 Å². The molecule has 0 amide bonds. The third-order valence-electron chi connectivity index (χ3n) is 2.78. The highest BCUT2D eigenvalue weighted by molar-refractivity contribution is 7.99. The fourth-order valence-corrected chi connectivity index (χ4v) is 2.61. The van der Waals surface area contributed by atoms with E-state index in [1.165, 1.54) is 17.8 Å². The van der Waals surface area contributed by atoms with E-state index in [1.54, 1.807) is 18.3 Å². The number of hydrogen-bond donors (Lipinski definition) is 1. The van der Waals surface area contributed by atoms with Crippen LogP contribution in [-0.4, -0.2) is 10.7 Å². The van der Waals surface area contributed by atoms with Gasteiger partial charge in [0, 0.05) is 17.3 Å². The van der Waals surface area contributed by atoms with Gasteiger partial charge in [0.2, 0.25) is 0 Å². The fourth-order valence-electron chi connectivity index (χ4n) is 1.87. The van der Waals surface area contributed by atoms with Crippen LogP contribution in [0.2, 0.25) is 0 Å².